The van der Waals surface area contributed by atoms with E-state index in [9.17, 15) is 18.0 Å². The van der Waals surface area contributed by atoms with Crippen molar-refractivity contribution in [3.63, 3.8) is 0 Å². The summed E-state index contributed by atoms with van der Waals surface area (Å²) in [7, 11) is -2.19. The van der Waals surface area contributed by atoms with Crippen molar-refractivity contribution in [2.45, 2.75) is 20.0 Å². The largest absolute Gasteiger partial charge is 0.497 e. The van der Waals surface area contributed by atoms with E-state index in [1.54, 1.807) is 55.5 Å². The summed E-state index contributed by atoms with van der Waals surface area (Å²) >= 11 is 0. The Morgan fingerprint density at radius 3 is 2.28 bits per heavy atom. The Kier molecular flexibility index (Phi) is 7.22. The van der Waals surface area contributed by atoms with Crippen molar-refractivity contribution in [1.29, 1.82) is 0 Å². The predicted molar refractivity (Wildman–Crippen MR) is 111 cm³/mol. The third-order valence-electron chi connectivity index (χ3n) is 4.09. The highest BCUT2D eigenvalue weighted by Gasteiger charge is 2.25. The molecule has 8 nitrogen and oxygen atoms in total. The van der Waals surface area contributed by atoms with E-state index in [4.69, 9.17) is 9.47 Å². The number of hydrogen-bond acceptors (Lipinski definition) is 6. The Morgan fingerprint density at radius 1 is 1.10 bits per heavy atom. The number of carbonyl (C=O) groups excluding carboxylic acids is 2. The highest BCUT2D eigenvalue weighted by molar-refractivity contribution is 7.92. The maximum Gasteiger partial charge on any atom is 0.327 e. The molecule has 0 aliphatic rings. The minimum Gasteiger partial charge on any atom is -0.497 e. The van der Waals surface area contributed by atoms with Crippen LogP contribution in [0.2, 0.25) is 0 Å². The average molecular weight is 420 g/mol. The number of ether oxygens (including phenoxy) is 2. The summed E-state index contributed by atoms with van der Waals surface area (Å²) in [6.07, 6.45) is -0.102. The van der Waals surface area contributed by atoms with Gasteiger partial charge in [0.15, 0.2) is 6.10 Å². The van der Waals surface area contributed by atoms with E-state index in [0.717, 1.165) is 10.6 Å². The third kappa shape index (κ3) is 6.21. The Morgan fingerprint density at radius 2 is 1.72 bits per heavy atom. The zero-order valence-corrected chi connectivity index (χ0v) is 17.5. The minimum atomic E-state index is -3.73. The lowest BCUT2D eigenvalue weighted by atomic mass is 10.2. The van der Waals surface area contributed by atoms with Crippen LogP contribution in [0.15, 0.2) is 48.5 Å². The maximum absolute atomic E-state index is 12.3. The Balaban J connectivity index is 2.03. The fourth-order valence-corrected chi connectivity index (χ4v) is 3.45. The van der Waals surface area contributed by atoms with Gasteiger partial charge in [-0.1, -0.05) is 18.2 Å². The number of carbonyl (C=O) groups is 2. The molecule has 0 saturated carbocycles. The average Bonchev–Trinajstić information content (AvgIpc) is 2.66. The van der Waals surface area contributed by atoms with Crippen LogP contribution in [-0.2, 0) is 24.3 Å². The quantitative estimate of drug-likeness (QED) is 0.658. The molecule has 2 aromatic carbocycles. The van der Waals surface area contributed by atoms with Gasteiger partial charge in [0, 0.05) is 5.69 Å². The zero-order valence-electron chi connectivity index (χ0n) is 16.7. The molecule has 1 amide bonds. The fourth-order valence-electron chi connectivity index (χ4n) is 2.55. The molecule has 1 N–H and O–H groups in total. The summed E-state index contributed by atoms with van der Waals surface area (Å²) in [5.41, 5.74) is 1.58. The molecule has 0 unspecified atom stereocenters. The van der Waals surface area contributed by atoms with E-state index in [-0.39, 0.29) is 0 Å². The lowest BCUT2D eigenvalue weighted by Gasteiger charge is -2.24. The van der Waals surface area contributed by atoms with Gasteiger partial charge < -0.3 is 14.8 Å². The molecule has 156 valence electrons. The van der Waals surface area contributed by atoms with E-state index in [1.165, 1.54) is 14.0 Å². The van der Waals surface area contributed by atoms with Crippen LogP contribution in [0.1, 0.15) is 12.5 Å². The highest BCUT2D eigenvalue weighted by Crippen LogP contribution is 2.22. The molecular weight excluding hydrogens is 396 g/mol. The molecular formula is C20H24N2O6S. The lowest BCUT2D eigenvalue weighted by molar-refractivity contribution is -0.151. The number of nitrogens with zero attached hydrogens (tertiary/aromatic N) is 1. The number of anilines is 2. The molecule has 0 aliphatic heterocycles. The van der Waals surface area contributed by atoms with Crippen LogP contribution >= 0.6 is 0 Å². The SMILES string of the molecule is COc1ccc(NC(=O)[C@@H](C)OC(=O)CN(c2ccccc2C)S(C)(=O)=O)cc1. The number of esters is 1. The molecule has 0 radical (unpaired) electrons. The molecule has 2 aromatic rings. The van der Waals surface area contributed by atoms with Gasteiger partial charge in [-0.15, -0.1) is 0 Å². The van der Waals surface area contributed by atoms with Crippen LogP contribution in [-0.4, -0.2) is 46.3 Å². The van der Waals surface area contributed by atoms with E-state index in [1.807, 2.05) is 0 Å². The highest BCUT2D eigenvalue weighted by atomic mass is 32.2. The smallest absolute Gasteiger partial charge is 0.327 e. The number of nitrogens with one attached hydrogen (secondary N) is 1. The Bertz CT molecular complexity index is 973. The third-order valence-corrected chi connectivity index (χ3v) is 5.22. The monoisotopic (exact) mass is 420 g/mol. The lowest BCUT2D eigenvalue weighted by Crippen LogP contribution is -2.39. The summed E-state index contributed by atoms with van der Waals surface area (Å²) in [6.45, 7) is 2.61. The first-order valence-corrected chi connectivity index (χ1v) is 10.6. The molecule has 1 atom stereocenters. The van der Waals surface area contributed by atoms with Gasteiger partial charge >= 0.3 is 5.97 Å². The normalized spacial score (nSPS) is 12.0. The number of aryl methyl sites for hydroxylation is 1. The van der Waals surface area contributed by atoms with Gasteiger partial charge in [-0.05, 0) is 49.7 Å². The molecule has 0 aliphatic carbocycles. The van der Waals surface area contributed by atoms with Crippen LogP contribution in [0.4, 0.5) is 11.4 Å². The van der Waals surface area contributed by atoms with Crippen LogP contribution in [0.25, 0.3) is 0 Å². The number of para-hydroxylation sites is 1. The van der Waals surface area contributed by atoms with Crippen molar-refractivity contribution in [3.05, 3.63) is 54.1 Å². The van der Waals surface area contributed by atoms with Crippen molar-refractivity contribution in [1.82, 2.24) is 0 Å². The summed E-state index contributed by atoms with van der Waals surface area (Å²) in [6, 6.07) is 13.4. The summed E-state index contributed by atoms with van der Waals surface area (Å²) in [4.78, 5) is 24.6. The Hall–Kier alpha value is -3.07. The molecule has 0 saturated heterocycles. The number of methoxy groups -OCH3 is 1. The first-order chi connectivity index (χ1) is 13.6. The van der Waals surface area contributed by atoms with Crippen LogP contribution in [0.5, 0.6) is 5.75 Å². The van der Waals surface area contributed by atoms with Gasteiger partial charge in [0.25, 0.3) is 5.91 Å². The first kappa shape index (κ1) is 22.2. The fraction of sp³-hybridized carbons (Fsp3) is 0.300. The zero-order chi connectivity index (χ0) is 21.6. The number of rotatable bonds is 8. The van der Waals surface area contributed by atoms with E-state index >= 15 is 0 Å². The van der Waals surface area contributed by atoms with Crippen LogP contribution in [0, 0.1) is 6.92 Å². The van der Waals surface area contributed by atoms with Gasteiger partial charge in [-0.3, -0.25) is 13.9 Å². The number of benzene rings is 2. The van der Waals surface area contributed by atoms with E-state index < -0.39 is 34.5 Å². The molecule has 0 bridgehead atoms. The second kappa shape index (κ2) is 9.42. The number of hydrogen-bond donors (Lipinski definition) is 1. The van der Waals surface area contributed by atoms with Crippen molar-refractivity contribution < 1.29 is 27.5 Å². The summed E-state index contributed by atoms with van der Waals surface area (Å²) in [5, 5.41) is 2.62. The van der Waals surface area contributed by atoms with E-state index in [0.29, 0.717) is 22.7 Å². The first-order valence-electron chi connectivity index (χ1n) is 8.79. The van der Waals surface area contributed by atoms with Crippen molar-refractivity contribution in [3.8, 4) is 5.75 Å². The molecule has 9 heteroatoms. The van der Waals surface area contributed by atoms with Gasteiger partial charge in [0.2, 0.25) is 10.0 Å². The number of sulfonamides is 1. The molecule has 29 heavy (non-hydrogen) atoms. The second-order valence-corrected chi connectivity index (χ2v) is 8.31. The van der Waals surface area contributed by atoms with Gasteiger partial charge in [-0.25, -0.2) is 8.42 Å². The van der Waals surface area contributed by atoms with Gasteiger partial charge in [-0.2, -0.15) is 0 Å². The van der Waals surface area contributed by atoms with Gasteiger partial charge in [0.1, 0.15) is 12.3 Å². The van der Waals surface area contributed by atoms with Crippen LogP contribution < -0.4 is 14.4 Å². The van der Waals surface area contributed by atoms with Crippen molar-refractivity contribution >= 4 is 33.3 Å². The van der Waals surface area contributed by atoms with E-state index in [2.05, 4.69) is 5.32 Å². The summed E-state index contributed by atoms with van der Waals surface area (Å²) < 4.78 is 35.5. The maximum atomic E-state index is 12.3. The standard InChI is InChI=1S/C20H24N2O6S/c1-14-7-5-6-8-18(14)22(29(4,25)26)13-19(23)28-15(2)20(24)21-16-9-11-17(27-3)12-10-16/h5-12,15H,13H2,1-4H3,(H,21,24)/t15-/m1/s1. The molecule has 0 fully saturated rings. The summed E-state index contributed by atoms with van der Waals surface area (Å²) in [5.74, 6) is -0.735. The molecule has 2 rings (SSSR count). The Labute approximate surface area is 170 Å². The molecule has 0 spiro atoms. The molecule has 0 aromatic heterocycles. The van der Waals surface area contributed by atoms with Gasteiger partial charge in [0.05, 0.1) is 19.1 Å². The van der Waals surface area contributed by atoms with Crippen LogP contribution in [0.3, 0.4) is 0 Å². The number of amides is 1. The predicted octanol–water partition coefficient (Wildman–Crippen LogP) is 2.34. The topological polar surface area (TPSA) is 102 Å². The second-order valence-electron chi connectivity index (χ2n) is 6.41. The minimum absolute atomic E-state index is 0.377. The van der Waals surface area contributed by atoms with Crippen molar-refractivity contribution in [2.75, 3.05) is 29.5 Å². The van der Waals surface area contributed by atoms with Crippen molar-refractivity contribution in [2.24, 2.45) is 0 Å². The molecule has 0 heterocycles.